The van der Waals surface area contributed by atoms with Crippen molar-refractivity contribution in [2.75, 3.05) is 6.54 Å². The summed E-state index contributed by atoms with van der Waals surface area (Å²) < 4.78 is 0. The third kappa shape index (κ3) is 2.79. The smallest absolute Gasteiger partial charge is 0.415 e. The number of hydrogen-bond donors (Lipinski definition) is 2. The quantitative estimate of drug-likeness (QED) is 0.878. The molecule has 0 aliphatic carbocycles. The molecule has 0 fully saturated rings. The standard InChI is InChI=1S/C13H13N3O3/c14-12(17)16(13(18)19)8-6-11-10-4-2-1-3-9(10)5-7-15-11/h1-5,7H,6,8H2,(H2,14,17)(H,18,19). The molecule has 6 heteroatoms. The molecular weight excluding hydrogens is 246 g/mol. The second-order valence-electron chi connectivity index (χ2n) is 4.00. The Morgan fingerprint density at radius 1 is 1.26 bits per heavy atom. The molecule has 19 heavy (non-hydrogen) atoms. The van der Waals surface area contributed by atoms with Crippen molar-refractivity contribution in [2.24, 2.45) is 5.73 Å². The van der Waals surface area contributed by atoms with Crippen LogP contribution in [0.2, 0.25) is 0 Å². The molecule has 0 bridgehead atoms. The highest BCUT2D eigenvalue weighted by Gasteiger charge is 2.17. The summed E-state index contributed by atoms with van der Waals surface area (Å²) in [5.41, 5.74) is 5.74. The van der Waals surface area contributed by atoms with E-state index < -0.39 is 12.1 Å². The number of rotatable bonds is 3. The summed E-state index contributed by atoms with van der Waals surface area (Å²) in [5.74, 6) is 0. The summed E-state index contributed by atoms with van der Waals surface area (Å²) in [7, 11) is 0. The minimum Gasteiger partial charge on any atom is -0.465 e. The van der Waals surface area contributed by atoms with Gasteiger partial charge in [0.15, 0.2) is 0 Å². The van der Waals surface area contributed by atoms with Gasteiger partial charge in [0.05, 0.1) is 0 Å². The lowest BCUT2D eigenvalue weighted by molar-refractivity contribution is 0.151. The van der Waals surface area contributed by atoms with Crippen molar-refractivity contribution in [2.45, 2.75) is 6.42 Å². The first kappa shape index (κ1) is 12.8. The van der Waals surface area contributed by atoms with Gasteiger partial charge in [-0.3, -0.25) is 4.98 Å². The highest BCUT2D eigenvalue weighted by Crippen LogP contribution is 2.16. The zero-order valence-electron chi connectivity index (χ0n) is 10.1. The van der Waals surface area contributed by atoms with Gasteiger partial charge >= 0.3 is 12.1 Å². The predicted molar refractivity (Wildman–Crippen MR) is 69.8 cm³/mol. The summed E-state index contributed by atoms with van der Waals surface area (Å²) in [5, 5.41) is 10.8. The Bertz CT molecular complexity index is 608. The number of amides is 3. The molecule has 98 valence electrons. The van der Waals surface area contributed by atoms with Crippen molar-refractivity contribution < 1.29 is 14.7 Å². The fraction of sp³-hybridized carbons (Fsp3) is 0.154. The molecule has 0 spiro atoms. The molecule has 2 aromatic rings. The van der Waals surface area contributed by atoms with Crippen molar-refractivity contribution in [1.29, 1.82) is 0 Å². The summed E-state index contributed by atoms with van der Waals surface area (Å²) >= 11 is 0. The fourth-order valence-corrected chi connectivity index (χ4v) is 1.90. The zero-order chi connectivity index (χ0) is 13.8. The van der Waals surface area contributed by atoms with Gasteiger partial charge in [0.25, 0.3) is 0 Å². The number of benzene rings is 1. The van der Waals surface area contributed by atoms with Crippen LogP contribution in [-0.2, 0) is 6.42 Å². The molecule has 0 saturated heterocycles. The lowest BCUT2D eigenvalue weighted by Crippen LogP contribution is -2.41. The number of nitrogens with two attached hydrogens (primary N) is 1. The van der Waals surface area contributed by atoms with E-state index in [2.05, 4.69) is 4.98 Å². The maximum absolute atomic E-state index is 11.0. The first-order valence-corrected chi connectivity index (χ1v) is 5.72. The Hall–Kier alpha value is -2.63. The Kier molecular flexibility index (Phi) is 3.61. The Morgan fingerprint density at radius 3 is 2.68 bits per heavy atom. The highest BCUT2D eigenvalue weighted by atomic mass is 16.4. The predicted octanol–water partition coefficient (Wildman–Crippen LogP) is 1.84. The van der Waals surface area contributed by atoms with Gasteiger partial charge in [0.1, 0.15) is 0 Å². The van der Waals surface area contributed by atoms with Crippen LogP contribution in [0, 0.1) is 0 Å². The van der Waals surface area contributed by atoms with Crippen molar-refractivity contribution in [3.8, 4) is 0 Å². The normalized spacial score (nSPS) is 10.3. The van der Waals surface area contributed by atoms with E-state index in [-0.39, 0.29) is 6.54 Å². The Labute approximate surface area is 109 Å². The van der Waals surface area contributed by atoms with E-state index in [1.807, 2.05) is 30.3 Å². The summed E-state index contributed by atoms with van der Waals surface area (Å²) in [4.78, 5) is 26.6. The molecule has 1 heterocycles. The number of carbonyl (C=O) groups excluding carboxylic acids is 1. The number of carboxylic acid groups (broad SMARTS) is 1. The SMILES string of the molecule is NC(=O)N(CCc1nccc2ccccc12)C(=O)O. The first-order chi connectivity index (χ1) is 9.09. The average Bonchev–Trinajstić information content (AvgIpc) is 2.38. The molecule has 0 radical (unpaired) electrons. The minimum atomic E-state index is -1.35. The van der Waals surface area contributed by atoms with E-state index in [4.69, 9.17) is 10.8 Å². The zero-order valence-corrected chi connectivity index (χ0v) is 10.1. The first-order valence-electron chi connectivity index (χ1n) is 5.72. The van der Waals surface area contributed by atoms with Gasteiger partial charge in [-0.05, 0) is 11.5 Å². The van der Waals surface area contributed by atoms with Crippen LogP contribution in [0.1, 0.15) is 5.69 Å². The summed E-state index contributed by atoms with van der Waals surface area (Å²) in [6.45, 7) is -0.00826. The van der Waals surface area contributed by atoms with E-state index in [0.29, 0.717) is 11.3 Å². The molecule has 0 atom stereocenters. The maximum Gasteiger partial charge on any atom is 0.415 e. The van der Waals surface area contributed by atoms with Crippen LogP contribution < -0.4 is 5.73 Å². The summed E-state index contributed by atoms with van der Waals surface area (Å²) in [6.07, 6.45) is 0.636. The van der Waals surface area contributed by atoms with Gasteiger partial charge in [-0.1, -0.05) is 24.3 Å². The van der Waals surface area contributed by atoms with Crippen LogP contribution in [0.5, 0.6) is 0 Å². The van der Waals surface area contributed by atoms with Crippen LogP contribution in [0.4, 0.5) is 9.59 Å². The van der Waals surface area contributed by atoms with E-state index in [0.717, 1.165) is 16.5 Å². The number of pyridine rings is 1. The number of urea groups is 1. The van der Waals surface area contributed by atoms with Gasteiger partial charge in [-0.2, -0.15) is 0 Å². The number of carbonyl (C=O) groups is 2. The van der Waals surface area contributed by atoms with E-state index in [9.17, 15) is 9.59 Å². The fourth-order valence-electron chi connectivity index (χ4n) is 1.90. The number of primary amides is 1. The molecule has 1 aromatic carbocycles. The molecule has 6 nitrogen and oxygen atoms in total. The van der Waals surface area contributed by atoms with Crippen molar-refractivity contribution in [1.82, 2.24) is 9.88 Å². The Morgan fingerprint density at radius 2 is 2.00 bits per heavy atom. The van der Waals surface area contributed by atoms with Gasteiger partial charge in [-0.25, -0.2) is 14.5 Å². The molecule has 1 aromatic heterocycles. The lowest BCUT2D eigenvalue weighted by Gasteiger charge is -2.14. The van der Waals surface area contributed by atoms with Gasteiger partial charge < -0.3 is 10.8 Å². The molecule has 0 saturated carbocycles. The number of fused-ring (bicyclic) bond motifs is 1. The van der Waals surface area contributed by atoms with Gasteiger partial charge in [0, 0.05) is 30.2 Å². The van der Waals surface area contributed by atoms with Crippen LogP contribution in [0.15, 0.2) is 36.5 Å². The maximum atomic E-state index is 11.0. The molecule has 2 rings (SSSR count). The van der Waals surface area contributed by atoms with Crippen LogP contribution >= 0.6 is 0 Å². The van der Waals surface area contributed by atoms with E-state index >= 15 is 0 Å². The third-order valence-corrected chi connectivity index (χ3v) is 2.83. The van der Waals surface area contributed by atoms with E-state index in [1.54, 1.807) is 6.20 Å². The second kappa shape index (κ2) is 5.34. The van der Waals surface area contributed by atoms with Crippen LogP contribution in [0.25, 0.3) is 10.8 Å². The van der Waals surface area contributed by atoms with Crippen molar-refractivity contribution in [3.05, 3.63) is 42.2 Å². The highest BCUT2D eigenvalue weighted by molar-refractivity contribution is 5.89. The monoisotopic (exact) mass is 259 g/mol. The Balaban J connectivity index is 2.22. The molecule has 3 amide bonds. The number of hydrogen-bond acceptors (Lipinski definition) is 3. The minimum absolute atomic E-state index is 0.00826. The molecule has 3 N–H and O–H groups in total. The molecule has 0 aliphatic rings. The van der Waals surface area contributed by atoms with Crippen molar-refractivity contribution >= 4 is 22.9 Å². The number of nitrogens with zero attached hydrogens (tertiary/aromatic N) is 2. The van der Waals surface area contributed by atoms with E-state index in [1.165, 1.54) is 0 Å². The number of imide groups is 1. The van der Waals surface area contributed by atoms with Gasteiger partial charge in [0.2, 0.25) is 0 Å². The third-order valence-electron chi connectivity index (χ3n) is 2.83. The van der Waals surface area contributed by atoms with Crippen LogP contribution in [0.3, 0.4) is 0 Å². The topological polar surface area (TPSA) is 96.5 Å². The molecule has 0 unspecified atom stereocenters. The summed E-state index contributed by atoms with van der Waals surface area (Å²) in [6, 6.07) is 8.56. The van der Waals surface area contributed by atoms with Gasteiger partial charge in [-0.15, -0.1) is 0 Å². The van der Waals surface area contributed by atoms with Crippen molar-refractivity contribution in [3.63, 3.8) is 0 Å². The lowest BCUT2D eigenvalue weighted by atomic mass is 10.1. The molecular formula is C13H13N3O3. The largest absolute Gasteiger partial charge is 0.465 e. The average molecular weight is 259 g/mol. The molecule has 0 aliphatic heterocycles. The van der Waals surface area contributed by atoms with Crippen LogP contribution in [-0.4, -0.2) is 33.7 Å². The second-order valence-corrected chi connectivity index (χ2v) is 4.00. The number of aromatic nitrogens is 1.